The highest BCUT2D eigenvalue weighted by Crippen LogP contribution is 2.14. The maximum atomic E-state index is 9.68. The number of aliphatic hydroxyl groups is 1. The first-order chi connectivity index (χ1) is 6.58. The summed E-state index contributed by atoms with van der Waals surface area (Å²) in [5.41, 5.74) is 0. The average Bonchev–Trinajstić information content (AvgIpc) is 2.48. The van der Waals surface area contributed by atoms with E-state index in [0.29, 0.717) is 6.61 Å². The normalized spacial score (nSPS) is 25.9. The van der Waals surface area contributed by atoms with Crippen LogP contribution in [0.5, 0.6) is 0 Å². The van der Waals surface area contributed by atoms with Gasteiger partial charge in [0.1, 0.15) is 0 Å². The van der Waals surface area contributed by atoms with Crippen LogP contribution < -0.4 is 0 Å². The number of hydrogen-bond acceptors (Lipinski definition) is 3. The van der Waals surface area contributed by atoms with Crippen molar-refractivity contribution in [2.45, 2.75) is 39.4 Å². The van der Waals surface area contributed by atoms with Crippen molar-refractivity contribution in [3.05, 3.63) is 0 Å². The lowest BCUT2D eigenvalue weighted by Gasteiger charge is -2.20. The Labute approximate surface area is 87.1 Å². The second kappa shape index (κ2) is 5.69. The van der Waals surface area contributed by atoms with E-state index in [1.165, 1.54) is 6.42 Å². The predicted molar refractivity (Wildman–Crippen MR) is 57.3 cm³/mol. The summed E-state index contributed by atoms with van der Waals surface area (Å²) in [7, 11) is 0. The minimum Gasteiger partial charge on any atom is -0.389 e. The Balaban J connectivity index is 2.10. The van der Waals surface area contributed by atoms with Crippen LogP contribution >= 0.6 is 0 Å². The van der Waals surface area contributed by atoms with Crippen LogP contribution in [0.3, 0.4) is 0 Å². The molecule has 0 spiro atoms. The van der Waals surface area contributed by atoms with Crippen molar-refractivity contribution in [1.29, 1.82) is 0 Å². The van der Waals surface area contributed by atoms with Gasteiger partial charge in [0.15, 0.2) is 0 Å². The van der Waals surface area contributed by atoms with Gasteiger partial charge in [-0.05, 0) is 32.7 Å². The Morgan fingerprint density at radius 1 is 1.50 bits per heavy atom. The van der Waals surface area contributed by atoms with E-state index in [-0.39, 0.29) is 12.2 Å². The van der Waals surface area contributed by atoms with E-state index in [4.69, 9.17) is 4.74 Å². The molecule has 1 N–H and O–H groups in total. The smallest absolute Gasteiger partial charge is 0.0900 e. The van der Waals surface area contributed by atoms with Crippen molar-refractivity contribution in [3.8, 4) is 0 Å². The van der Waals surface area contributed by atoms with Crippen molar-refractivity contribution in [1.82, 2.24) is 4.90 Å². The second-order valence-electron chi connectivity index (χ2n) is 4.69. The molecule has 1 heterocycles. The molecule has 1 rings (SSSR count). The Hall–Kier alpha value is -0.120. The van der Waals surface area contributed by atoms with Crippen LogP contribution in [-0.4, -0.2) is 48.5 Å². The second-order valence-corrected chi connectivity index (χ2v) is 4.69. The molecule has 84 valence electrons. The number of β-amino-alcohol motifs (C(OH)–C–C–N with tert-alkyl or cyclic N) is 1. The molecular formula is C11H23NO2. The van der Waals surface area contributed by atoms with E-state index < -0.39 is 0 Å². The summed E-state index contributed by atoms with van der Waals surface area (Å²) in [6.45, 7) is 9.71. The third kappa shape index (κ3) is 4.40. The maximum Gasteiger partial charge on any atom is 0.0900 e. The number of rotatable bonds is 5. The lowest BCUT2D eigenvalue weighted by molar-refractivity contribution is -0.00611. The number of aliphatic hydroxyl groups excluding tert-OH is 1. The molecule has 0 aromatic carbocycles. The molecule has 1 saturated heterocycles. The Kier molecular flexibility index (Phi) is 4.85. The molecule has 2 atom stereocenters. The van der Waals surface area contributed by atoms with Crippen molar-refractivity contribution < 1.29 is 9.84 Å². The fourth-order valence-corrected chi connectivity index (χ4v) is 1.85. The van der Waals surface area contributed by atoms with Crippen LogP contribution in [0.4, 0.5) is 0 Å². The lowest BCUT2D eigenvalue weighted by Crippen LogP contribution is -2.34. The Bertz CT molecular complexity index is 161. The van der Waals surface area contributed by atoms with Crippen LogP contribution in [-0.2, 0) is 4.74 Å². The standard InChI is InChI=1S/C11H23NO2/c1-9(2)14-8-11(13)7-12-5-4-10(3)6-12/h9-11,13H,4-8H2,1-3H3. The number of hydrogen-bond donors (Lipinski definition) is 1. The van der Waals surface area contributed by atoms with Gasteiger partial charge in [-0.2, -0.15) is 0 Å². The van der Waals surface area contributed by atoms with Crippen molar-refractivity contribution in [2.24, 2.45) is 5.92 Å². The van der Waals surface area contributed by atoms with Gasteiger partial charge >= 0.3 is 0 Å². The molecular weight excluding hydrogens is 178 g/mol. The van der Waals surface area contributed by atoms with E-state index in [1.54, 1.807) is 0 Å². The molecule has 0 saturated carbocycles. The highest BCUT2D eigenvalue weighted by Gasteiger charge is 2.20. The van der Waals surface area contributed by atoms with Crippen molar-refractivity contribution in [3.63, 3.8) is 0 Å². The Morgan fingerprint density at radius 2 is 2.21 bits per heavy atom. The van der Waals surface area contributed by atoms with Crippen LogP contribution in [0, 0.1) is 5.92 Å². The molecule has 0 aromatic heterocycles. The third-order valence-corrected chi connectivity index (χ3v) is 2.60. The van der Waals surface area contributed by atoms with Gasteiger partial charge in [0, 0.05) is 13.1 Å². The van der Waals surface area contributed by atoms with Gasteiger partial charge in [-0.15, -0.1) is 0 Å². The van der Waals surface area contributed by atoms with Crippen LogP contribution in [0.2, 0.25) is 0 Å². The summed E-state index contributed by atoms with van der Waals surface area (Å²) in [5, 5.41) is 9.68. The molecule has 0 bridgehead atoms. The Morgan fingerprint density at radius 3 is 2.71 bits per heavy atom. The summed E-state index contributed by atoms with van der Waals surface area (Å²) in [4.78, 5) is 2.32. The number of ether oxygens (including phenoxy) is 1. The third-order valence-electron chi connectivity index (χ3n) is 2.60. The molecule has 0 aromatic rings. The minimum absolute atomic E-state index is 0.210. The monoisotopic (exact) mass is 201 g/mol. The van der Waals surface area contributed by atoms with E-state index in [0.717, 1.165) is 25.6 Å². The summed E-state index contributed by atoms with van der Waals surface area (Å²) in [6.07, 6.45) is 1.14. The molecule has 1 aliphatic rings. The topological polar surface area (TPSA) is 32.7 Å². The van der Waals surface area contributed by atoms with E-state index in [1.807, 2.05) is 13.8 Å². The minimum atomic E-state index is -0.331. The van der Waals surface area contributed by atoms with Gasteiger partial charge in [-0.3, -0.25) is 0 Å². The molecule has 0 radical (unpaired) electrons. The molecule has 14 heavy (non-hydrogen) atoms. The van der Waals surface area contributed by atoms with E-state index >= 15 is 0 Å². The summed E-state index contributed by atoms with van der Waals surface area (Å²) in [5.74, 6) is 0.785. The number of nitrogens with zero attached hydrogens (tertiary/aromatic N) is 1. The van der Waals surface area contributed by atoms with Gasteiger partial charge in [0.05, 0.1) is 18.8 Å². The largest absolute Gasteiger partial charge is 0.389 e. The molecule has 1 fully saturated rings. The molecule has 1 aliphatic heterocycles. The average molecular weight is 201 g/mol. The van der Waals surface area contributed by atoms with Gasteiger partial charge in [0.2, 0.25) is 0 Å². The van der Waals surface area contributed by atoms with Crippen LogP contribution in [0.15, 0.2) is 0 Å². The molecule has 2 unspecified atom stereocenters. The summed E-state index contributed by atoms with van der Waals surface area (Å²) in [6, 6.07) is 0. The highest BCUT2D eigenvalue weighted by atomic mass is 16.5. The number of likely N-dealkylation sites (tertiary alicyclic amines) is 1. The maximum absolute atomic E-state index is 9.68. The first kappa shape index (κ1) is 12.0. The summed E-state index contributed by atoms with van der Waals surface area (Å²) < 4.78 is 5.36. The molecule has 0 amide bonds. The fraction of sp³-hybridized carbons (Fsp3) is 1.00. The molecule has 3 heteroatoms. The van der Waals surface area contributed by atoms with E-state index in [9.17, 15) is 5.11 Å². The van der Waals surface area contributed by atoms with Crippen molar-refractivity contribution in [2.75, 3.05) is 26.2 Å². The highest BCUT2D eigenvalue weighted by molar-refractivity contribution is 4.74. The van der Waals surface area contributed by atoms with Crippen molar-refractivity contribution >= 4 is 0 Å². The first-order valence-corrected chi connectivity index (χ1v) is 5.60. The lowest BCUT2D eigenvalue weighted by atomic mass is 10.2. The van der Waals surface area contributed by atoms with Gasteiger partial charge in [-0.25, -0.2) is 0 Å². The summed E-state index contributed by atoms with van der Waals surface area (Å²) >= 11 is 0. The zero-order chi connectivity index (χ0) is 10.6. The quantitative estimate of drug-likeness (QED) is 0.723. The molecule has 3 nitrogen and oxygen atoms in total. The predicted octanol–water partition coefficient (Wildman–Crippen LogP) is 1.11. The first-order valence-electron chi connectivity index (χ1n) is 5.60. The zero-order valence-electron chi connectivity index (χ0n) is 9.57. The van der Waals surface area contributed by atoms with Gasteiger partial charge < -0.3 is 14.7 Å². The van der Waals surface area contributed by atoms with Gasteiger partial charge in [-0.1, -0.05) is 6.92 Å². The van der Waals surface area contributed by atoms with Crippen LogP contribution in [0.1, 0.15) is 27.2 Å². The fourth-order valence-electron chi connectivity index (χ4n) is 1.85. The zero-order valence-corrected chi connectivity index (χ0v) is 9.57. The molecule has 0 aliphatic carbocycles. The van der Waals surface area contributed by atoms with Gasteiger partial charge in [0.25, 0.3) is 0 Å². The van der Waals surface area contributed by atoms with Crippen LogP contribution in [0.25, 0.3) is 0 Å². The van der Waals surface area contributed by atoms with E-state index in [2.05, 4.69) is 11.8 Å². The SMILES string of the molecule is CC1CCN(CC(O)COC(C)C)C1.